The minimum absolute atomic E-state index is 0.0830. The summed E-state index contributed by atoms with van der Waals surface area (Å²) in [5.41, 5.74) is 0.641. The number of carbonyl (C=O) groups excluding carboxylic acids is 1. The van der Waals surface area contributed by atoms with Gasteiger partial charge in [0.1, 0.15) is 0 Å². The van der Waals surface area contributed by atoms with Gasteiger partial charge in [-0.15, -0.1) is 0 Å². The summed E-state index contributed by atoms with van der Waals surface area (Å²) in [5.74, 6) is 0.0830. The third-order valence-corrected chi connectivity index (χ3v) is 2.41. The normalized spacial score (nSPS) is 17.7. The van der Waals surface area contributed by atoms with Crippen LogP contribution in [0.25, 0.3) is 0 Å². The second-order valence-electron chi connectivity index (χ2n) is 3.41. The molecule has 0 bridgehead atoms. The van der Waals surface area contributed by atoms with Gasteiger partial charge in [0, 0.05) is 18.7 Å². The molecule has 0 atom stereocenters. The van der Waals surface area contributed by atoms with E-state index in [-0.39, 0.29) is 5.91 Å². The molecule has 0 saturated carbocycles. The zero-order chi connectivity index (χ0) is 10.4. The first kappa shape index (κ1) is 10.8. The molecule has 0 aliphatic carbocycles. The molecule has 2 heteroatoms. The van der Waals surface area contributed by atoms with Crippen LogP contribution in [0.4, 0.5) is 0 Å². The van der Waals surface area contributed by atoms with Crippen molar-refractivity contribution in [3.63, 3.8) is 0 Å². The second-order valence-corrected chi connectivity index (χ2v) is 3.41. The van der Waals surface area contributed by atoms with Gasteiger partial charge in [-0.3, -0.25) is 4.79 Å². The average Bonchev–Trinajstić information content (AvgIpc) is 2.26. The van der Waals surface area contributed by atoms with Crippen molar-refractivity contribution in [3.05, 3.63) is 37.0 Å². The number of hydrogen-bond acceptors (Lipinski definition) is 1. The zero-order valence-corrected chi connectivity index (χ0v) is 8.54. The summed E-state index contributed by atoms with van der Waals surface area (Å²) < 4.78 is 0. The summed E-state index contributed by atoms with van der Waals surface area (Å²) in [6.45, 7) is 8.97. The van der Waals surface area contributed by atoms with E-state index in [0.29, 0.717) is 5.57 Å². The molecule has 1 fully saturated rings. The summed E-state index contributed by atoms with van der Waals surface area (Å²) in [6.07, 6.45) is 8.40. The van der Waals surface area contributed by atoms with E-state index in [1.54, 1.807) is 18.2 Å². The molecule has 2 nitrogen and oxygen atoms in total. The Hall–Kier alpha value is -1.31. The summed E-state index contributed by atoms with van der Waals surface area (Å²) in [7, 11) is 0. The van der Waals surface area contributed by atoms with Crippen molar-refractivity contribution >= 4 is 5.91 Å². The molecule has 0 spiro atoms. The lowest BCUT2D eigenvalue weighted by Gasteiger charge is -2.26. The molecule has 1 amide bonds. The molecule has 1 saturated heterocycles. The van der Waals surface area contributed by atoms with Gasteiger partial charge in [-0.2, -0.15) is 0 Å². The van der Waals surface area contributed by atoms with Gasteiger partial charge in [0.25, 0.3) is 5.91 Å². The van der Waals surface area contributed by atoms with Gasteiger partial charge in [0.2, 0.25) is 0 Å². The monoisotopic (exact) mass is 191 g/mol. The molecule has 0 aromatic carbocycles. The molecule has 0 unspecified atom stereocenters. The van der Waals surface area contributed by atoms with Crippen LogP contribution in [0.5, 0.6) is 0 Å². The molecule has 1 aliphatic heterocycles. The van der Waals surface area contributed by atoms with Gasteiger partial charge in [0.05, 0.1) is 0 Å². The van der Waals surface area contributed by atoms with Crippen LogP contribution in [0.3, 0.4) is 0 Å². The maximum absolute atomic E-state index is 11.9. The lowest BCUT2D eigenvalue weighted by atomic mass is 10.1. The first-order chi connectivity index (χ1) is 6.79. The van der Waals surface area contributed by atoms with E-state index in [1.807, 2.05) is 4.90 Å². The van der Waals surface area contributed by atoms with Gasteiger partial charge >= 0.3 is 0 Å². The van der Waals surface area contributed by atoms with Crippen molar-refractivity contribution in [1.82, 2.24) is 4.90 Å². The maximum Gasteiger partial charge on any atom is 0.253 e. The number of hydrogen-bond donors (Lipinski definition) is 0. The fourth-order valence-corrected chi connectivity index (χ4v) is 1.63. The van der Waals surface area contributed by atoms with Gasteiger partial charge in [-0.1, -0.05) is 31.4 Å². The van der Waals surface area contributed by atoms with Crippen LogP contribution in [0.1, 0.15) is 19.3 Å². The third-order valence-electron chi connectivity index (χ3n) is 2.41. The topological polar surface area (TPSA) is 20.3 Å². The SMILES string of the molecule is C=C/C=C(\C=C)C(=O)N1CCCCC1. The van der Waals surface area contributed by atoms with E-state index in [2.05, 4.69) is 13.2 Å². The van der Waals surface area contributed by atoms with Crippen molar-refractivity contribution < 1.29 is 4.79 Å². The molecule has 0 radical (unpaired) electrons. The molecule has 1 aliphatic rings. The number of piperidine rings is 1. The smallest absolute Gasteiger partial charge is 0.253 e. The van der Waals surface area contributed by atoms with Crippen molar-refractivity contribution in [3.8, 4) is 0 Å². The lowest BCUT2D eigenvalue weighted by Crippen LogP contribution is -2.36. The molecule has 0 aromatic rings. The zero-order valence-electron chi connectivity index (χ0n) is 8.54. The van der Waals surface area contributed by atoms with Crippen molar-refractivity contribution in [1.29, 1.82) is 0 Å². The highest BCUT2D eigenvalue weighted by molar-refractivity contribution is 5.96. The van der Waals surface area contributed by atoms with Crippen LogP contribution >= 0.6 is 0 Å². The quantitative estimate of drug-likeness (QED) is 0.495. The van der Waals surface area contributed by atoms with E-state index in [1.165, 1.54) is 6.42 Å². The number of likely N-dealkylation sites (tertiary alicyclic amines) is 1. The number of rotatable bonds is 3. The Bertz CT molecular complexity index is 259. The fraction of sp³-hybridized carbons (Fsp3) is 0.417. The molecular formula is C12H17NO. The molecule has 76 valence electrons. The van der Waals surface area contributed by atoms with E-state index >= 15 is 0 Å². The first-order valence-corrected chi connectivity index (χ1v) is 5.04. The van der Waals surface area contributed by atoms with Crippen molar-refractivity contribution in [2.75, 3.05) is 13.1 Å². The van der Waals surface area contributed by atoms with Gasteiger partial charge in [-0.05, 0) is 19.3 Å². The Morgan fingerprint density at radius 3 is 2.29 bits per heavy atom. The van der Waals surface area contributed by atoms with E-state index in [4.69, 9.17) is 0 Å². The largest absolute Gasteiger partial charge is 0.339 e. The predicted molar refractivity (Wildman–Crippen MR) is 58.9 cm³/mol. The molecule has 14 heavy (non-hydrogen) atoms. The van der Waals surface area contributed by atoms with E-state index < -0.39 is 0 Å². The molecule has 0 aromatic heterocycles. The molecule has 1 rings (SSSR count). The van der Waals surface area contributed by atoms with E-state index in [0.717, 1.165) is 25.9 Å². The highest BCUT2D eigenvalue weighted by Gasteiger charge is 2.17. The Kier molecular flexibility index (Phi) is 4.17. The fourth-order valence-electron chi connectivity index (χ4n) is 1.63. The average molecular weight is 191 g/mol. The highest BCUT2D eigenvalue weighted by Crippen LogP contribution is 2.12. The Morgan fingerprint density at radius 1 is 1.14 bits per heavy atom. The predicted octanol–water partition coefficient (Wildman–Crippen LogP) is 2.30. The van der Waals surface area contributed by atoms with Crippen LogP contribution in [0.15, 0.2) is 37.0 Å². The van der Waals surface area contributed by atoms with Gasteiger partial charge < -0.3 is 4.90 Å². The standard InChI is InChI=1S/C12H17NO/c1-3-8-11(4-2)12(14)13-9-6-5-7-10-13/h3-4,8H,1-2,5-7,9-10H2/b11-8+. The first-order valence-electron chi connectivity index (χ1n) is 5.04. The van der Waals surface area contributed by atoms with Crippen LogP contribution in [-0.2, 0) is 4.79 Å². The third kappa shape index (κ3) is 2.59. The molecule has 1 heterocycles. The van der Waals surface area contributed by atoms with E-state index in [9.17, 15) is 4.79 Å². The van der Waals surface area contributed by atoms with Crippen LogP contribution in [0.2, 0.25) is 0 Å². The van der Waals surface area contributed by atoms with Gasteiger partial charge in [0.15, 0.2) is 0 Å². The summed E-state index contributed by atoms with van der Waals surface area (Å²) in [6, 6.07) is 0. The van der Waals surface area contributed by atoms with Crippen molar-refractivity contribution in [2.45, 2.75) is 19.3 Å². The summed E-state index contributed by atoms with van der Waals surface area (Å²) in [5, 5.41) is 0. The second kappa shape index (κ2) is 5.43. The summed E-state index contributed by atoms with van der Waals surface area (Å²) in [4.78, 5) is 13.7. The number of carbonyl (C=O) groups is 1. The minimum atomic E-state index is 0.0830. The van der Waals surface area contributed by atoms with Crippen LogP contribution in [0, 0.1) is 0 Å². The Balaban J connectivity index is 2.65. The Morgan fingerprint density at radius 2 is 1.79 bits per heavy atom. The van der Waals surface area contributed by atoms with Crippen LogP contribution in [-0.4, -0.2) is 23.9 Å². The number of nitrogens with zero attached hydrogens (tertiary/aromatic N) is 1. The van der Waals surface area contributed by atoms with Gasteiger partial charge in [-0.25, -0.2) is 0 Å². The molecular weight excluding hydrogens is 174 g/mol. The molecule has 0 N–H and O–H groups in total. The lowest BCUT2D eigenvalue weighted by molar-refractivity contribution is -0.127. The maximum atomic E-state index is 11.9. The Labute approximate surface area is 85.6 Å². The van der Waals surface area contributed by atoms with Crippen LogP contribution < -0.4 is 0 Å². The van der Waals surface area contributed by atoms with Crippen molar-refractivity contribution in [2.24, 2.45) is 0 Å². The number of allylic oxidation sites excluding steroid dienone is 2. The minimum Gasteiger partial charge on any atom is -0.339 e. The highest BCUT2D eigenvalue weighted by atomic mass is 16.2. The summed E-state index contributed by atoms with van der Waals surface area (Å²) >= 11 is 0. The number of amides is 1.